The summed E-state index contributed by atoms with van der Waals surface area (Å²) in [5.74, 6) is -1.83. The summed E-state index contributed by atoms with van der Waals surface area (Å²) in [5.41, 5.74) is 0. The predicted octanol–water partition coefficient (Wildman–Crippen LogP) is 1.40. The summed E-state index contributed by atoms with van der Waals surface area (Å²) in [6.45, 7) is 3.88. The molecular weight excluding hydrogens is 248 g/mol. The second kappa shape index (κ2) is 6.03. The lowest BCUT2D eigenvalue weighted by molar-refractivity contribution is -0.198. The van der Waals surface area contributed by atoms with Gasteiger partial charge in [0.1, 0.15) is 12.0 Å². The SMILES string of the molecule is C=CC(C(=O)OC)C(O)[C@H]1COC2(CCCCC2)O1. The summed E-state index contributed by atoms with van der Waals surface area (Å²) < 4.78 is 16.3. The van der Waals surface area contributed by atoms with E-state index in [1.165, 1.54) is 19.6 Å². The fraction of sp³-hybridized carbons (Fsp3) is 0.786. The Balaban J connectivity index is 1.99. The van der Waals surface area contributed by atoms with E-state index in [0.717, 1.165) is 25.7 Å². The number of rotatable bonds is 4. The second-order valence-corrected chi connectivity index (χ2v) is 5.21. The van der Waals surface area contributed by atoms with Crippen molar-refractivity contribution >= 4 is 5.97 Å². The number of carbonyl (C=O) groups is 1. The third-order valence-corrected chi connectivity index (χ3v) is 3.97. The minimum absolute atomic E-state index is 0.308. The third-order valence-electron chi connectivity index (χ3n) is 3.97. The molecule has 1 aliphatic heterocycles. The van der Waals surface area contributed by atoms with Gasteiger partial charge in [-0.3, -0.25) is 4.79 Å². The van der Waals surface area contributed by atoms with E-state index >= 15 is 0 Å². The maximum atomic E-state index is 11.6. The minimum atomic E-state index is -0.980. The van der Waals surface area contributed by atoms with E-state index in [0.29, 0.717) is 6.61 Å². The predicted molar refractivity (Wildman–Crippen MR) is 68.4 cm³/mol. The molecule has 0 radical (unpaired) electrons. The Morgan fingerprint density at radius 3 is 2.74 bits per heavy atom. The molecule has 5 heteroatoms. The summed E-state index contributed by atoms with van der Waals surface area (Å²) in [6, 6.07) is 0. The summed E-state index contributed by atoms with van der Waals surface area (Å²) >= 11 is 0. The van der Waals surface area contributed by atoms with Crippen molar-refractivity contribution in [2.45, 2.75) is 50.1 Å². The minimum Gasteiger partial charge on any atom is -0.468 e. The number of aliphatic hydroxyl groups is 1. The fourth-order valence-electron chi connectivity index (χ4n) is 2.84. The van der Waals surface area contributed by atoms with Gasteiger partial charge in [0.25, 0.3) is 0 Å². The van der Waals surface area contributed by atoms with Crippen LogP contribution < -0.4 is 0 Å². The van der Waals surface area contributed by atoms with Crippen LogP contribution in [0.4, 0.5) is 0 Å². The van der Waals surface area contributed by atoms with Crippen molar-refractivity contribution in [1.29, 1.82) is 0 Å². The molecule has 1 aliphatic carbocycles. The lowest BCUT2D eigenvalue weighted by Gasteiger charge is -2.32. The van der Waals surface area contributed by atoms with Crippen molar-refractivity contribution in [3.05, 3.63) is 12.7 Å². The van der Waals surface area contributed by atoms with Gasteiger partial charge in [-0.25, -0.2) is 0 Å². The van der Waals surface area contributed by atoms with Gasteiger partial charge in [0, 0.05) is 12.8 Å². The van der Waals surface area contributed by atoms with E-state index in [1.807, 2.05) is 0 Å². The number of aliphatic hydroxyl groups excluding tert-OH is 1. The third kappa shape index (κ3) is 2.99. The average Bonchev–Trinajstić information content (AvgIpc) is 2.83. The van der Waals surface area contributed by atoms with E-state index in [2.05, 4.69) is 11.3 Å². The zero-order chi connectivity index (χ0) is 13.9. The smallest absolute Gasteiger partial charge is 0.315 e. The number of carbonyl (C=O) groups excluding carboxylic acids is 1. The molecule has 1 spiro atoms. The van der Waals surface area contributed by atoms with Crippen LogP contribution in [-0.4, -0.2) is 42.8 Å². The second-order valence-electron chi connectivity index (χ2n) is 5.21. The van der Waals surface area contributed by atoms with Gasteiger partial charge in [0.2, 0.25) is 0 Å². The molecule has 1 N–H and O–H groups in total. The number of hydrogen-bond donors (Lipinski definition) is 1. The normalized spacial score (nSPS) is 28.8. The van der Waals surface area contributed by atoms with Gasteiger partial charge in [-0.1, -0.05) is 12.5 Å². The monoisotopic (exact) mass is 270 g/mol. The molecule has 2 aliphatic rings. The fourth-order valence-corrected chi connectivity index (χ4v) is 2.84. The topological polar surface area (TPSA) is 65.0 Å². The molecule has 5 nitrogen and oxygen atoms in total. The highest BCUT2D eigenvalue weighted by Crippen LogP contribution is 2.39. The molecule has 1 saturated heterocycles. The number of methoxy groups -OCH3 is 1. The molecule has 0 aromatic heterocycles. The summed E-state index contributed by atoms with van der Waals surface area (Å²) in [4.78, 5) is 11.6. The van der Waals surface area contributed by atoms with Crippen LogP contribution >= 0.6 is 0 Å². The van der Waals surface area contributed by atoms with Gasteiger partial charge >= 0.3 is 5.97 Å². The van der Waals surface area contributed by atoms with Gasteiger partial charge in [-0.2, -0.15) is 0 Å². The Morgan fingerprint density at radius 2 is 2.16 bits per heavy atom. The molecule has 3 atom stereocenters. The van der Waals surface area contributed by atoms with Crippen molar-refractivity contribution in [3.8, 4) is 0 Å². The Morgan fingerprint density at radius 1 is 1.47 bits per heavy atom. The Bertz CT molecular complexity index is 335. The van der Waals surface area contributed by atoms with E-state index in [-0.39, 0.29) is 0 Å². The van der Waals surface area contributed by atoms with Crippen LogP contribution in [0.5, 0.6) is 0 Å². The summed E-state index contributed by atoms with van der Waals surface area (Å²) in [5, 5.41) is 10.2. The number of ether oxygens (including phenoxy) is 3. The van der Waals surface area contributed by atoms with E-state index in [9.17, 15) is 9.90 Å². The van der Waals surface area contributed by atoms with Gasteiger partial charge in [-0.05, 0) is 12.8 Å². The molecule has 0 aromatic carbocycles. The van der Waals surface area contributed by atoms with Gasteiger partial charge in [0.05, 0.1) is 19.8 Å². The largest absolute Gasteiger partial charge is 0.468 e. The van der Waals surface area contributed by atoms with Crippen molar-refractivity contribution in [3.63, 3.8) is 0 Å². The van der Waals surface area contributed by atoms with Crippen molar-refractivity contribution in [1.82, 2.24) is 0 Å². The first-order valence-electron chi connectivity index (χ1n) is 6.82. The van der Waals surface area contributed by atoms with Crippen LogP contribution in [0.25, 0.3) is 0 Å². The molecule has 0 amide bonds. The molecule has 108 valence electrons. The van der Waals surface area contributed by atoms with E-state index < -0.39 is 29.9 Å². The zero-order valence-corrected chi connectivity index (χ0v) is 11.3. The van der Waals surface area contributed by atoms with Crippen LogP contribution in [0.3, 0.4) is 0 Å². The van der Waals surface area contributed by atoms with E-state index in [1.54, 1.807) is 0 Å². The highest BCUT2D eigenvalue weighted by Gasteiger charge is 2.46. The van der Waals surface area contributed by atoms with Gasteiger partial charge in [0.15, 0.2) is 5.79 Å². The van der Waals surface area contributed by atoms with Crippen molar-refractivity contribution in [2.75, 3.05) is 13.7 Å². The van der Waals surface area contributed by atoms with E-state index in [4.69, 9.17) is 9.47 Å². The van der Waals surface area contributed by atoms with Crippen molar-refractivity contribution in [2.24, 2.45) is 5.92 Å². The van der Waals surface area contributed by atoms with Crippen LogP contribution in [0.2, 0.25) is 0 Å². The quantitative estimate of drug-likeness (QED) is 0.618. The molecule has 0 aromatic rings. The Hall–Kier alpha value is -0.910. The molecule has 2 unspecified atom stereocenters. The highest BCUT2D eigenvalue weighted by molar-refractivity contribution is 5.75. The standard InChI is InChI=1S/C14H22O5/c1-3-10(13(16)17-2)12(15)11-9-18-14(19-11)7-5-4-6-8-14/h3,10-12,15H,1,4-9H2,2H3/t10?,11-,12?/m1/s1. The number of esters is 1. The molecule has 2 fully saturated rings. The summed E-state index contributed by atoms with van der Waals surface area (Å²) in [6.07, 6.45) is 4.96. The first-order valence-corrected chi connectivity index (χ1v) is 6.82. The van der Waals surface area contributed by atoms with Crippen molar-refractivity contribution < 1.29 is 24.1 Å². The maximum absolute atomic E-state index is 11.6. The summed E-state index contributed by atoms with van der Waals surface area (Å²) in [7, 11) is 1.29. The van der Waals surface area contributed by atoms with Crippen LogP contribution in [0.15, 0.2) is 12.7 Å². The first-order chi connectivity index (χ1) is 9.12. The Kier molecular flexibility index (Phi) is 4.60. The highest BCUT2D eigenvalue weighted by atomic mass is 16.7. The van der Waals surface area contributed by atoms with Crippen LogP contribution in [0, 0.1) is 5.92 Å². The van der Waals surface area contributed by atoms with Crippen LogP contribution in [-0.2, 0) is 19.0 Å². The molecule has 1 saturated carbocycles. The van der Waals surface area contributed by atoms with Gasteiger partial charge < -0.3 is 19.3 Å². The zero-order valence-electron chi connectivity index (χ0n) is 11.3. The molecule has 19 heavy (non-hydrogen) atoms. The van der Waals surface area contributed by atoms with Gasteiger partial charge in [-0.15, -0.1) is 6.58 Å². The first kappa shape index (κ1) is 14.5. The molecule has 2 rings (SSSR count). The van der Waals surface area contributed by atoms with Crippen LogP contribution in [0.1, 0.15) is 32.1 Å². The lowest BCUT2D eigenvalue weighted by Crippen LogP contribution is -2.41. The molecule has 1 heterocycles. The maximum Gasteiger partial charge on any atom is 0.315 e. The molecular formula is C14H22O5. The Labute approximate surface area is 113 Å². The number of hydrogen-bond acceptors (Lipinski definition) is 5. The average molecular weight is 270 g/mol. The molecule has 0 bridgehead atoms. The lowest BCUT2D eigenvalue weighted by atomic mass is 9.94.